The van der Waals surface area contributed by atoms with Gasteiger partial charge in [0.15, 0.2) is 5.96 Å². The number of guanidine groups is 1. The molecule has 5 heteroatoms. The molecule has 25 heavy (non-hydrogen) atoms. The molecular formula is C20H33IN4. The predicted octanol–water partition coefficient (Wildman–Crippen LogP) is 4.00. The highest BCUT2D eigenvalue weighted by Gasteiger charge is 2.33. The minimum Gasteiger partial charge on any atom is -0.372 e. The highest BCUT2D eigenvalue weighted by Crippen LogP contribution is 2.28. The Balaban J connectivity index is 0.00000225. The molecule has 1 saturated heterocycles. The first-order valence-corrected chi connectivity index (χ1v) is 9.54. The number of benzene rings is 1. The molecule has 2 unspecified atom stereocenters. The van der Waals surface area contributed by atoms with Crippen molar-refractivity contribution < 1.29 is 0 Å². The maximum absolute atomic E-state index is 4.73. The van der Waals surface area contributed by atoms with E-state index in [-0.39, 0.29) is 24.0 Å². The lowest BCUT2D eigenvalue weighted by atomic mass is 9.99. The van der Waals surface area contributed by atoms with Gasteiger partial charge in [-0.1, -0.05) is 26.0 Å². The molecule has 0 amide bonds. The van der Waals surface area contributed by atoms with Crippen molar-refractivity contribution in [3.8, 4) is 0 Å². The number of anilines is 1. The smallest absolute Gasteiger partial charge is 0.191 e. The average Bonchev–Trinajstić information content (AvgIpc) is 3.29. The minimum atomic E-state index is 0. The third-order valence-electron chi connectivity index (χ3n) is 5.28. The number of aliphatic imine (C=N–C) groups is 1. The summed E-state index contributed by atoms with van der Waals surface area (Å²) in [7, 11) is 0. The Bertz CT molecular complexity index is 549. The fraction of sp³-hybridized carbons (Fsp3) is 0.650. The van der Waals surface area contributed by atoms with Gasteiger partial charge in [0.05, 0.1) is 6.54 Å². The first kappa shape index (κ1) is 20.3. The molecule has 3 rings (SSSR count). The SMILES string of the molecule is CCNC(=NCc1ccc(N2CCC(C)CC2)cc1)NC1CC1C.I. The summed E-state index contributed by atoms with van der Waals surface area (Å²) in [5.74, 6) is 2.60. The molecule has 1 aromatic carbocycles. The Morgan fingerprint density at radius 2 is 1.80 bits per heavy atom. The van der Waals surface area contributed by atoms with Crippen molar-refractivity contribution in [2.45, 2.75) is 52.6 Å². The highest BCUT2D eigenvalue weighted by atomic mass is 127. The number of halogens is 1. The summed E-state index contributed by atoms with van der Waals surface area (Å²) >= 11 is 0. The van der Waals surface area contributed by atoms with E-state index in [1.807, 2.05) is 0 Å². The molecule has 1 aromatic rings. The molecule has 1 aliphatic heterocycles. The number of piperidine rings is 1. The summed E-state index contributed by atoms with van der Waals surface area (Å²) in [5.41, 5.74) is 2.62. The highest BCUT2D eigenvalue weighted by molar-refractivity contribution is 14.0. The normalized spacial score (nSPS) is 23.8. The molecule has 2 aliphatic rings. The molecule has 2 N–H and O–H groups in total. The van der Waals surface area contributed by atoms with E-state index in [2.05, 4.69) is 60.6 Å². The predicted molar refractivity (Wildman–Crippen MR) is 118 cm³/mol. The second-order valence-corrected chi connectivity index (χ2v) is 7.49. The van der Waals surface area contributed by atoms with Crippen molar-refractivity contribution in [3.63, 3.8) is 0 Å². The van der Waals surface area contributed by atoms with Gasteiger partial charge in [-0.05, 0) is 55.7 Å². The van der Waals surface area contributed by atoms with E-state index in [0.29, 0.717) is 6.04 Å². The fourth-order valence-corrected chi connectivity index (χ4v) is 3.27. The Labute approximate surface area is 169 Å². The lowest BCUT2D eigenvalue weighted by Gasteiger charge is -2.32. The molecule has 2 atom stereocenters. The van der Waals surface area contributed by atoms with Crippen LogP contribution in [0.25, 0.3) is 0 Å². The number of nitrogens with zero attached hydrogens (tertiary/aromatic N) is 2. The van der Waals surface area contributed by atoms with E-state index in [1.165, 1.54) is 43.6 Å². The van der Waals surface area contributed by atoms with Crippen molar-refractivity contribution in [1.29, 1.82) is 0 Å². The Morgan fingerprint density at radius 1 is 1.16 bits per heavy atom. The third kappa shape index (κ3) is 6.04. The quantitative estimate of drug-likeness (QED) is 0.400. The van der Waals surface area contributed by atoms with Gasteiger partial charge in [0, 0.05) is 31.4 Å². The molecular weight excluding hydrogens is 423 g/mol. The van der Waals surface area contributed by atoms with Crippen LogP contribution in [0.5, 0.6) is 0 Å². The summed E-state index contributed by atoms with van der Waals surface area (Å²) in [6, 6.07) is 9.56. The number of hydrogen-bond donors (Lipinski definition) is 2. The standard InChI is InChI=1S/C20H32N4.HI/c1-4-21-20(23-19-13-16(19)3)22-14-17-5-7-18(8-6-17)24-11-9-15(2)10-12-24;/h5-8,15-16,19H,4,9-14H2,1-3H3,(H2,21,22,23);1H. The molecule has 0 spiro atoms. The second kappa shape index (κ2) is 9.64. The topological polar surface area (TPSA) is 39.7 Å². The van der Waals surface area contributed by atoms with Gasteiger partial charge in [0.1, 0.15) is 0 Å². The first-order chi connectivity index (χ1) is 11.7. The van der Waals surface area contributed by atoms with Crippen LogP contribution in [0.2, 0.25) is 0 Å². The summed E-state index contributed by atoms with van der Waals surface area (Å²) in [6.45, 7) is 10.8. The lowest BCUT2D eigenvalue weighted by Crippen LogP contribution is -2.39. The average molecular weight is 456 g/mol. The molecule has 1 aliphatic carbocycles. The van der Waals surface area contributed by atoms with Gasteiger partial charge >= 0.3 is 0 Å². The zero-order chi connectivity index (χ0) is 16.9. The van der Waals surface area contributed by atoms with Gasteiger partial charge in [-0.3, -0.25) is 0 Å². The van der Waals surface area contributed by atoms with Crippen molar-refractivity contribution in [3.05, 3.63) is 29.8 Å². The Hall–Kier alpha value is -0.980. The van der Waals surface area contributed by atoms with Gasteiger partial charge in [-0.2, -0.15) is 0 Å². The van der Waals surface area contributed by atoms with Gasteiger partial charge in [-0.15, -0.1) is 24.0 Å². The third-order valence-corrected chi connectivity index (χ3v) is 5.28. The van der Waals surface area contributed by atoms with E-state index in [4.69, 9.17) is 4.99 Å². The van der Waals surface area contributed by atoms with Gasteiger partial charge in [0.25, 0.3) is 0 Å². The van der Waals surface area contributed by atoms with E-state index < -0.39 is 0 Å². The van der Waals surface area contributed by atoms with Crippen LogP contribution in [-0.2, 0) is 6.54 Å². The van der Waals surface area contributed by atoms with Crippen LogP contribution in [0.1, 0.15) is 45.6 Å². The summed E-state index contributed by atoms with van der Waals surface area (Å²) in [6.07, 6.45) is 3.88. The van der Waals surface area contributed by atoms with E-state index in [0.717, 1.165) is 30.9 Å². The maximum Gasteiger partial charge on any atom is 0.191 e. The molecule has 2 fully saturated rings. The second-order valence-electron chi connectivity index (χ2n) is 7.49. The molecule has 0 radical (unpaired) electrons. The minimum absolute atomic E-state index is 0. The van der Waals surface area contributed by atoms with Gasteiger partial charge < -0.3 is 15.5 Å². The van der Waals surface area contributed by atoms with Crippen LogP contribution in [0.4, 0.5) is 5.69 Å². The lowest BCUT2D eigenvalue weighted by molar-refractivity contribution is 0.438. The Kier molecular flexibility index (Phi) is 7.84. The molecule has 0 aromatic heterocycles. The molecule has 1 saturated carbocycles. The van der Waals surface area contributed by atoms with E-state index >= 15 is 0 Å². The summed E-state index contributed by atoms with van der Waals surface area (Å²) in [5, 5.41) is 6.85. The van der Waals surface area contributed by atoms with E-state index in [9.17, 15) is 0 Å². The van der Waals surface area contributed by atoms with Crippen LogP contribution in [-0.4, -0.2) is 31.6 Å². The van der Waals surface area contributed by atoms with E-state index in [1.54, 1.807) is 0 Å². The molecule has 140 valence electrons. The largest absolute Gasteiger partial charge is 0.372 e. The molecule has 1 heterocycles. The van der Waals surface area contributed by atoms with Crippen LogP contribution in [0, 0.1) is 11.8 Å². The van der Waals surface area contributed by atoms with Crippen LogP contribution < -0.4 is 15.5 Å². The Morgan fingerprint density at radius 3 is 2.36 bits per heavy atom. The summed E-state index contributed by atoms with van der Waals surface area (Å²) in [4.78, 5) is 7.24. The molecule has 0 bridgehead atoms. The van der Waals surface area contributed by atoms with Crippen LogP contribution in [0.15, 0.2) is 29.3 Å². The first-order valence-electron chi connectivity index (χ1n) is 9.54. The fourth-order valence-electron chi connectivity index (χ4n) is 3.27. The monoisotopic (exact) mass is 456 g/mol. The van der Waals surface area contributed by atoms with Crippen LogP contribution in [0.3, 0.4) is 0 Å². The van der Waals surface area contributed by atoms with Crippen LogP contribution >= 0.6 is 24.0 Å². The van der Waals surface area contributed by atoms with Gasteiger partial charge in [-0.25, -0.2) is 4.99 Å². The number of nitrogens with one attached hydrogen (secondary N) is 2. The zero-order valence-corrected chi connectivity index (χ0v) is 18.1. The molecule has 4 nitrogen and oxygen atoms in total. The number of hydrogen-bond acceptors (Lipinski definition) is 2. The van der Waals surface area contributed by atoms with Crippen molar-refractivity contribution in [1.82, 2.24) is 10.6 Å². The maximum atomic E-state index is 4.73. The van der Waals surface area contributed by atoms with Crippen molar-refractivity contribution in [2.75, 3.05) is 24.5 Å². The summed E-state index contributed by atoms with van der Waals surface area (Å²) < 4.78 is 0. The number of rotatable bonds is 5. The van der Waals surface area contributed by atoms with Gasteiger partial charge in [0.2, 0.25) is 0 Å². The zero-order valence-electron chi connectivity index (χ0n) is 15.8. The van der Waals surface area contributed by atoms with Crippen molar-refractivity contribution >= 4 is 35.6 Å². The van der Waals surface area contributed by atoms with Crippen molar-refractivity contribution in [2.24, 2.45) is 16.8 Å².